The number of piperazine rings is 1. The van der Waals surface area contributed by atoms with Crippen molar-refractivity contribution < 1.29 is 37.0 Å². The molecule has 1 aromatic heterocycles. The van der Waals surface area contributed by atoms with Crippen LogP contribution < -0.4 is 0 Å². The number of ether oxygens (including phenoxy) is 2. The van der Waals surface area contributed by atoms with Gasteiger partial charge in [-0.15, -0.1) is 0 Å². The zero-order chi connectivity index (χ0) is 25.0. The van der Waals surface area contributed by atoms with Crippen LogP contribution in [0, 0.1) is 13.8 Å². The van der Waals surface area contributed by atoms with Gasteiger partial charge in [0.05, 0.1) is 17.7 Å². The van der Waals surface area contributed by atoms with Gasteiger partial charge in [0.15, 0.2) is 0 Å². The molecule has 34 heavy (non-hydrogen) atoms. The van der Waals surface area contributed by atoms with E-state index >= 15 is 0 Å². The van der Waals surface area contributed by atoms with Crippen LogP contribution in [0.3, 0.4) is 0 Å². The van der Waals surface area contributed by atoms with Gasteiger partial charge in [0.1, 0.15) is 12.3 Å². The Labute approximate surface area is 194 Å². The second-order valence-corrected chi connectivity index (χ2v) is 7.92. The van der Waals surface area contributed by atoms with E-state index in [1.807, 2.05) is 0 Å². The average Bonchev–Trinajstić information content (AvgIpc) is 3.11. The van der Waals surface area contributed by atoms with Gasteiger partial charge >= 0.3 is 12.1 Å². The molecule has 2 aromatic rings. The van der Waals surface area contributed by atoms with Gasteiger partial charge in [-0.25, -0.2) is 4.79 Å². The number of rotatable bonds is 6. The summed E-state index contributed by atoms with van der Waals surface area (Å²) >= 11 is 0. The first kappa shape index (κ1) is 25.3. The normalized spacial score (nSPS) is 14.3. The molecule has 1 aliphatic rings. The zero-order valence-electron chi connectivity index (χ0n) is 19.1. The van der Waals surface area contributed by atoms with Gasteiger partial charge in [0, 0.05) is 44.5 Å². The number of carbonyl (C=O) groups excluding carboxylic acids is 3. The molecule has 0 radical (unpaired) electrons. The molecule has 2 heterocycles. The van der Waals surface area contributed by atoms with Crippen LogP contribution in [0.1, 0.15) is 48.0 Å². The number of halogens is 3. The molecule has 1 aliphatic heterocycles. The van der Waals surface area contributed by atoms with E-state index in [0.717, 1.165) is 12.1 Å². The third-order valence-electron chi connectivity index (χ3n) is 5.67. The summed E-state index contributed by atoms with van der Waals surface area (Å²) in [6, 6.07) is 4.28. The van der Waals surface area contributed by atoms with Crippen LogP contribution in [-0.2, 0) is 15.7 Å². The Balaban J connectivity index is 1.66. The predicted molar refractivity (Wildman–Crippen MR) is 116 cm³/mol. The van der Waals surface area contributed by atoms with Crippen molar-refractivity contribution >= 4 is 17.8 Å². The number of nitrogens with one attached hydrogen (secondary N) is 1. The number of aromatic nitrogens is 1. The number of hydrogen-bond acceptors (Lipinski definition) is 5. The van der Waals surface area contributed by atoms with Gasteiger partial charge in [-0.1, -0.05) is 6.07 Å². The van der Waals surface area contributed by atoms with E-state index in [9.17, 15) is 27.6 Å². The topological polar surface area (TPSA) is 91.9 Å². The van der Waals surface area contributed by atoms with Gasteiger partial charge in [0.2, 0.25) is 0 Å². The van der Waals surface area contributed by atoms with E-state index < -0.39 is 23.6 Å². The number of H-pyrrole nitrogens is 1. The lowest BCUT2D eigenvalue weighted by Gasteiger charge is -2.34. The lowest BCUT2D eigenvalue weighted by Crippen LogP contribution is -2.50. The van der Waals surface area contributed by atoms with Crippen molar-refractivity contribution in [2.45, 2.75) is 20.0 Å². The summed E-state index contributed by atoms with van der Waals surface area (Å²) < 4.78 is 48.9. The fraction of sp³-hybridized carbons (Fsp3) is 0.435. The maximum Gasteiger partial charge on any atom is 0.416 e. The summed E-state index contributed by atoms with van der Waals surface area (Å²) in [4.78, 5) is 44.0. The minimum Gasteiger partial charge on any atom is -0.460 e. The van der Waals surface area contributed by atoms with Crippen LogP contribution >= 0.6 is 0 Å². The van der Waals surface area contributed by atoms with Crippen molar-refractivity contribution in [2.75, 3.05) is 46.5 Å². The van der Waals surface area contributed by atoms with Crippen molar-refractivity contribution in [3.05, 3.63) is 57.9 Å². The van der Waals surface area contributed by atoms with Gasteiger partial charge in [-0.2, -0.15) is 13.2 Å². The molecule has 0 atom stereocenters. The molecule has 0 bridgehead atoms. The lowest BCUT2D eigenvalue weighted by molar-refractivity contribution is -0.137. The summed E-state index contributed by atoms with van der Waals surface area (Å²) in [6.07, 6.45) is -4.54. The summed E-state index contributed by atoms with van der Waals surface area (Å²) in [5.74, 6) is -1.41. The Morgan fingerprint density at radius 3 is 2.21 bits per heavy atom. The van der Waals surface area contributed by atoms with E-state index in [1.54, 1.807) is 13.8 Å². The van der Waals surface area contributed by atoms with E-state index in [2.05, 4.69) is 4.98 Å². The van der Waals surface area contributed by atoms with Crippen LogP contribution in [0.15, 0.2) is 24.3 Å². The van der Waals surface area contributed by atoms with E-state index in [0.29, 0.717) is 11.3 Å². The highest BCUT2D eigenvalue weighted by Crippen LogP contribution is 2.30. The molecule has 0 unspecified atom stereocenters. The number of aryl methyl sites for hydroxylation is 1. The molecule has 1 N–H and O–H groups in total. The molecular formula is C23H26F3N3O5. The van der Waals surface area contributed by atoms with E-state index in [1.165, 1.54) is 29.0 Å². The quantitative estimate of drug-likeness (QED) is 0.506. The number of hydrogen-bond donors (Lipinski definition) is 1. The van der Waals surface area contributed by atoms with E-state index in [4.69, 9.17) is 9.47 Å². The van der Waals surface area contributed by atoms with Crippen LogP contribution in [0.25, 0.3) is 0 Å². The smallest absolute Gasteiger partial charge is 0.416 e. The fourth-order valence-electron chi connectivity index (χ4n) is 3.84. The Bertz CT molecular complexity index is 1070. The third kappa shape index (κ3) is 5.41. The zero-order valence-corrected chi connectivity index (χ0v) is 19.1. The third-order valence-corrected chi connectivity index (χ3v) is 5.67. The predicted octanol–water partition coefficient (Wildman–Crippen LogP) is 3.05. The van der Waals surface area contributed by atoms with Gasteiger partial charge in [-0.3, -0.25) is 9.59 Å². The number of alkyl halides is 3. The number of methoxy groups -OCH3 is 1. The summed E-state index contributed by atoms with van der Waals surface area (Å²) in [7, 11) is 1.49. The first-order valence-electron chi connectivity index (χ1n) is 10.7. The molecule has 0 saturated carbocycles. The van der Waals surface area contributed by atoms with Crippen molar-refractivity contribution in [3.63, 3.8) is 0 Å². The number of benzene rings is 1. The van der Waals surface area contributed by atoms with Crippen LogP contribution in [-0.4, -0.2) is 79.1 Å². The van der Waals surface area contributed by atoms with Crippen molar-refractivity contribution in [3.8, 4) is 0 Å². The Morgan fingerprint density at radius 1 is 1.00 bits per heavy atom. The minimum atomic E-state index is -4.54. The second-order valence-electron chi connectivity index (χ2n) is 7.92. The highest BCUT2D eigenvalue weighted by atomic mass is 19.4. The number of amides is 2. The highest BCUT2D eigenvalue weighted by molar-refractivity contribution is 6.01. The lowest BCUT2D eigenvalue weighted by atomic mass is 10.1. The Morgan fingerprint density at radius 2 is 1.62 bits per heavy atom. The van der Waals surface area contributed by atoms with Gasteiger partial charge < -0.3 is 24.3 Å². The second kappa shape index (κ2) is 10.3. The number of carbonyl (C=O) groups is 3. The van der Waals surface area contributed by atoms with Crippen LogP contribution in [0.2, 0.25) is 0 Å². The molecule has 3 rings (SSSR count). The summed E-state index contributed by atoms with van der Waals surface area (Å²) in [5.41, 5.74) is 0.573. The molecular weight excluding hydrogens is 455 g/mol. The van der Waals surface area contributed by atoms with Gasteiger partial charge in [0.25, 0.3) is 11.8 Å². The van der Waals surface area contributed by atoms with Crippen LogP contribution in [0.4, 0.5) is 13.2 Å². The summed E-state index contributed by atoms with van der Waals surface area (Å²) in [6.45, 7) is 4.41. The fourth-order valence-corrected chi connectivity index (χ4v) is 3.84. The largest absolute Gasteiger partial charge is 0.460 e. The van der Waals surface area contributed by atoms with E-state index in [-0.39, 0.29) is 62.1 Å². The maximum atomic E-state index is 13.1. The molecule has 11 heteroatoms. The molecule has 2 amide bonds. The molecule has 0 aliphatic carbocycles. The van der Waals surface area contributed by atoms with Crippen molar-refractivity contribution in [2.24, 2.45) is 0 Å². The maximum absolute atomic E-state index is 13.1. The number of aromatic amines is 1. The number of esters is 1. The molecule has 8 nitrogen and oxygen atoms in total. The SMILES string of the molecule is COCCOC(=O)c1c(C)[nH]c(C(=O)N2CCN(C(=O)c3cccc(C(F)(F)F)c3)CC2)c1C. The van der Waals surface area contributed by atoms with Crippen LogP contribution in [0.5, 0.6) is 0 Å². The number of nitrogens with zero attached hydrogens (tertiary/aromatic N) is 2. The molecule has 184 valence electrons. The van der Waals surface area contributed by atoms with Crippen molar-refractivity contribution in [1.82, 2.24) is 14.8 Å². The molecule has 1 saturated heterocycles. The molecule has 1 fully saturated rings. The van der Waals surface area contributed by atoms with Crippen molar-refractivity contribution in [1.29, 1.82) is 0 Å². The standard InChI is InChI=1S/C23H26F3N3O5/c1-14-18(22(32)34-12-11-33-3)15(2)27-19(14)21(31)29-9-7-28(8-10-29)20(30)16-5-4-6-17(13-16)23(24,25)26/h4-6,13,27H,7-12H2,1-3H3. The molecule has 0 spiro atoms. The minimum absolute atomic E-state index is 0.0536. The average molecular weight is 481 g/mol. The Kier molecular flexibility index (Phi) is 7.65. The first-order valence-corrected chi connectivity index (χ1v) is 10.7. The monoisotopic (exact) mass is 481 g/mol. The van der Waals surface area contributed by atoms with Gasteiger partial charge in [-0.05, 0) is 37.6 Å². The first-order chi connectivity index (χ1) is 16.0. The highest BCUT2D eigenvalue weighted by Gasteiger charge is 2.33. The molecule has 1 aromatic carbocycles. The summed E-state index contributed by atoms with van der Waals surface area (Å²) in [5, 5.41) is 0. The Hall–Kier alpha value is -3.34.